The van der Waals surface area contributed by atoms with Gasteiger partial charge >= 0.3 is 0 Å². The Hall–Kier alpha value is -1.49. The zero-order chi connectivity index (χ0) is 11.7. The molecule has 0 saturated carbocycles. The second kappa shape index (κ2) is 4.17. The molecule has 0 radical (unpaired) electrons. The Balaban J connectivity index is 2.47. The third-order valence-corrected chi connectivity index (χ3v) is 2.81. The summed E-state index contributed by atoms with van der Waals surface area (Å²) in [6, 6.07) is 5.38. The summed E-state index contributed by atoms with van der Waals surface area (Å²) in [7, 11) is 1.73. The minimum absolute atomic E-state index is 0.129. The molecule has 2 rings (SSSR count). The van der Waals surface area contributed by atoms with Crippen molar-refractivity contribution in [3.8, 4) is 0 Å². The first-order chi connectivity index (χ1) is 7.59. The standard InChI is InChI=1S/C11H10BrN3O/c1-7-4-3-5-9(14-7)11(16)10-8(12)6-13-15(10)2/h3-6H,1-2H3. The van der Waals surface area contributed by atoms with E-state index in [-0.39, 0.29) is 5.78 Å². The van der Waals surface area contributed by atoms with Gasteiger partial charge in [-0.25, -0.2) is 4.98 Å². The van der Waals surface area contributed by atoms with E-state index in [1.165, 1.54) is 4.68 Å². The van der Waals surface area contributed by atoms with Crippen LogP contribution in [0.25, 0.3) is 0 Å². The van der Waals surface area contributed by atoms with E-state index >= 15 is 0 Å². The van der Waals surface area contributed by atoms with Crippen LogP contribution in [-0.4, -0.2) is 20.5 Å². The normalized spacial score (nSPS) is 10.4. The van der Waals surface area contributed by atoms with Crippen LogP contribution in [0.3, 0.4) is 0 Å². The van der Waals surface area contributed by atoms with Crippen LogP contribution in [-0.2, 0) is 7.05 Å². The molecule has 16 heavy (non-hydrogen) atoms. The largest absolute Gasteiger partial charge is 0.285 e. The number of aryl methyl sites for hydroxylation is 2. The molecule has 0 unspecified atom stereocenters. The van der Waals surface area contributed by atoms with Crippen molar-refractivity contribution in [2.45, 2.75) is 6.92 Å². The Morgan fingerprint density at radius 3 is 2.75 bits per heavy atom. The second-order valence-corrected chi connectivity index (χ2v) is 4.31. The monoisotopic (exact) mass is 279 g/mol. The van der Waals surface area contributed by atoms with Gasteiger partial charge in [-0.3, -0.25) is 9.48 Å². The molecule has 0 aromatic carbocycles. The first kappa shape index (κ1) is 11.0. The van der Waals surface area contributed by atoms with Gasteiger partial charge in [-0.1, -0.05) is 6.07 Å². The fraction of sp³-hybridized carbons (Fsp3) is 0.182. The summed E-state index contributed by atoms with van der Waals surface area (Å²) in [6.07, 6.45) is 1.60. The maximum atomic E-state index is 12.1. The van der Waals surface area contributed by atoms with Crippen LogP contribution in [0.5, 0.6) is 0 Å². The maximum absolute atomic E-state index is 12.1. The lowest BCUT2D eigenvalue weighted by Crippen LogP contribution is -2.10. The minimum atomic E-state index is -0.129. The second-order valence-electron chi connectivity index (χ2n) is 3.46. The third kappa shape index (κ3) is 1.90. The lowest BCUT2D eigenvalue weighted by Gasteiger charge is -2.02. The van der Waals surface area contributed by atoms with E-state index in [9.17, 15) is 4.79 Å². The van der Waals surface area contributed by atoms with Crippen LogP contribution >= 0.6 is 15.9 Å². The van der Waals surface area contributed by atoms with Crippen molar-refractivity contribution in [2.75, 3.05) is 0 Å². The highest BCUT2D eigenvalue weighted by molar-refractivity contribution is 9.10. The smallest absolute Gasteiger partial charge is 0.230 e. The minimum Gasteiger partial charge on any atom is -0.285 e. The number of ketones is 1. The van der Waals surface area contributed by atoms with Crippen LogP contribution in [0.15, 0.2) is 28.9 Å². The quantitative estimate of drug-likeness (QED) is 0.792. The van der Waals surface area contributed by atoms with Gasteiger partial charge in [-0.05, 0) is 35.0 Å². The van der Waals surface area contributed by atoms with Gasteiger partial charge in [-0.15, -0.1) is 0 Å². The molecule has 0 amide bonds. The summed E-state index contributed by atoms with van der Waals surface area (Å²) in [5.74, 6) is -0.129. The van der Waals surface area contributed by atoms with E-state index in [0.29, 0.717) is 15.9 Å². The summed E-state index contributed by atoms with van der Waals surface area (Å²) < 4.78 is 2.22. The summed E-state index contributed by atoms with van der Waals surface area (Å²) in [4.78, 5) is 16.3. The fourth-order valence-corrected chi connectivity index (χ4v) is 1.99. The van der Waals surface area contributed by atoms with Crippen LogP contribution in [0.1, 0.15) is 21.9 Å². The molecule has 0 N–H and O–H groups in total. The van der Waals surface area contributed by atoms with Crippen molar-refractivity contribution in [3.05, 3.63) is 46.0 Å². The van der Waals surface area contributed by atoms with Crippen LogP contribution in [0.4, 0.5) is 0 Å². The first-order valence-corrected chi connectivity index (χ1v) is 5.55. The Morgan fingerprint density at radius 1 is 1.44 bits per heavy atom. The predicted octanol–water partition coefficient (Wildman–Crippen LogP) is 2.12. The summed E-state index contributed by atoms with van der Waals surface area (Å²) in [5.41, 5.74) is 1.77. The number of aromatic nitrogens is 3. The van der Waals surface area contributed by atoms with E-state index in [4.69, 9.17) is 0 Å². The highest BCUT2D eigenvalue weighted by atomic mass is 79.9. The van der Waals surface area contributed by atoms with E-state index in [2.05, 4.69) is 26.0 Å². The molecule has 0 aliphatic carbocycles. The number of carbonyl (C=O) groups is 1. The molecule has 5 heteroatoms. The molecule has 0 aliphatic rings. The van der Waals surface area contributed by atoms with Gasteiger partial charge in [0.1, 0.15) is 11.4 Å². The molecule has 0 fully saturated rings. The number of hydrogen-bond donors (Lipinski definition) is 0. The molecule has 2 aromatic rings. The lowest BCUT2D eigenvalue weighted by molar-refractivity contribution is 0.102. The summed E-state index contributed by atoms with van der Waals surface area (Å²) in [5, 5.41) is 4.01. The van der Waals surface area contributed by atoms with Crippen molar-refractivity contribution in [1.29, 1.82) is 0 Å². The van der Waals surface area contributed by atoms with E-state index in [1.807, 2.05) is 19.1 Å². The number of rotatable bonds is 2. The van der Waals surface area contributed by atoms with E-state index in [1.54, 1.807) is 19.3 Å². The molecule has 2 heterocycles. The Bertz CT molecular complexity index is 528. The molecule has 4 nitrogen and oxygen atoms in total. The molecular weight excluding hydrogens is 270 g/mol. The van der Waals surface area contributed by atoms with Crippen LogP contribution in [0, 0.1) is 6.92 Å². The van der Waals surface area contributed by atoms with Crippen molar-refractivity contribution in [2.24, 2.45) is 7.05 Å². The summed E-state index contributed by atoms with van der Waals surface area (Å²) >= 11 is 3.30. The fourth-order valence-electron chi connectivity index (χ4n) is 1.46. The molecule has 0 atom stereocenters. The van der Waals surface area contributed by atoms with Crippen LogP contribution < -0.4 is 0 Å². The lowest BCUT2D eigenvalue weighted by atomic mass is 10.2. The van der Waals surface area contributed by atoms with Crippen molar-refractivity contribution >= 4 is 21.7 Å². The number of hydrogen-bond acceptors (Lipinski definition) is 3. The van der Waals surface area contributed by atoms with Gasteiger partial charge in [-0.2, -0.15) is 5.10 Å². The third-order valence-electron chi connectivity index (χ3n) is 2.23. The highest BCUT2D eigenvalue weighted by Crippen LogP contribution is 2.18. The zero-order valence-electron chi connectivity index (χ0n) is 8.94. The van der Waals surface area contributed by atoms with Gasteiger partial charge in [0.15, 0.2) is 0 Å². The molecule has 0 saturated heterocycles. The van der Waals surface area contributed by atoms with Gasteiger partial charge in [0.05, 0.1) is 10.7 Å². The van der Waals surface area contributed by atoms with Crippen molar-refractivity contribution in [1.82, 2.24) is 14.8 Å². The van der Waals surface area contributed by atoms with Crippen LogP contribution in [0.2, 0.25) is 0 Å². The number of carbonyl (C=O) groups excluding carboxylic acids is 1. The molecule has 82 valence electrons. The highest BCUT2D eigenvalue weighted by Gasteiger charge is 2.18. The molecule has 0 aliphatic heterocycles. The maximum Gasteiger partial charge on any atom is 0.230 e. The van der Waals surface area contributed by atoms with Crippen molar-refractivity contribution < 1.29 is 4.79 Å². The zero-order valence-corrected chi connectivity index (χ0v) is 10.5. The number of nitrogens with zero attached hydrogens (tertiary/aromatic N) is 3. The molecule has 2 aromatic heterocycles. The Morgan fingerprint density at radius 2 is 2.19 bits per heavy atom. The van der Waals surface area contributed by atoms with Gasteiger partial charge < -0.3 is 0 Å². The number of pyridine rings is 1. The summed E-state index contributed by atoms with van der Waals surface area (Å²) in [6.45, 7) is 1.86. The average molecular weight is 280 g/mol. The van der Waals surface area contributed by atoms with Crippen molar-refractivity contribution in [3.63, 3.8) is 0 Å². The first-order valence-electron chi connectivity index (χ1n) is 4.75. The topological polar surface area (TPSA) is 47.8 Å². The Kier molecular flexibility index (Phi) is 2.87. The van der Waals surface area contributed by atoms with E-state index < -0.39 is 0 Å². The van der Waals surface area contributed by atoms with Gasteiger partial charge in [0.25, 0.3) is 0 Å². The SMILES string of the molecule is Cc1cccc(C(=O)c2c(Br)cnn2C)n1. The molecule has 0 bridgehead atoms. The van der Waals surface area contributed by atoms with Gasteiger partial charge in [0.2, 0.25) is 5.78 Å². The average Bonchev–Trinajstić information content (AvgIpc) is 2.58. The van der Waals surface area contributed by atoms with Gasteiger partial charge in [0, 0.05) is 12.7 Å². The predicted molar refractivity (Wildman–Crippen MR) is 63.3 cm³/mol. The molecular formula is C11H10BrN3O. The Labute approximate surface area is 101 Å². The molecule has 0 spiro atoms. The number of halogens is 1. The van der Waals surface area contributed by atoms with E-state index in [0.717, 1.165) is 5.69 Å².